The van der Waals surface area contributed by atoms with Crippen LogP contribution in [0.25, 0.3) is 0 Å². The Bertz CT molecular complexity index is 716. The van der Waals surface area contributed by atoms with Crippen LogP contribution in [0.3, 0.4) is 0 Å². The largest absolute Gasteiger partial charge is 0.325 e. The minimum Gasteiger partial charge on any atom is -0.308 e. The lowest BCUT2D eigenvalue weighted by Crippen LogP contribution is -2.40. The Morgan fingerprint density at radius 3 is 2.46 bits per heavy atom. The summed E-state index contributed by atoms with van der Waals surface area (Å²) in [5.74, 6) is -0.391. The molecule has 0 spiro atoms. The van der Waals surface area contributed by atoms with E-state index in [0.717, 1.165) is 16.7 Å². The number of anilines is 1. The summed E-state index contributed by atoms with van der Waals surface area (Å²) in [6.07, 6.45) is 3.40. The minimum absolute atomic E-state index is 0.0124. The third-order valence-electron chi connectivity index (χ3n) is 3.79. The molecular weight excluding hydrogens is 304 g/mol. The predicted molar refractivity (Wildman–Crippen MR) is 93.7 cm³/mol. The number of imide groups is 1. The number of urea groups is 1. The molecule has 0 fully saturated rings. The molecule has 3 amide bonds. The molecule has 24 heavy (non-hydrogen) atoms. The maximum atomic E-state index is 11.9. The summed E-state index contributed by atoms with van der Waals surface area (Å²) < 4.78 is 0. The van der Waals surface area contributed by atoms with Gasteiger partial charge in [0.2, 0.25) is 5.91 Å². The fourth-order valence-electron chi connectivity index (χ4n) is 2.17. The van der Waals surface area contributed by atoms with Gasteiger partial charge < -0.3 is 10.6 Å². The number of benzene rings is 1. The van der Waals surface area contributed by atoms with Crippen molar-refractivity contribution in [3.63, 3.8) is 0 Å². The lowest BCUT2D eigenvalue weighted by Gasteiger charge is -2.14. The zero-order valence-electron chi connectivity index (χ0n) is 14.1. The number of aromatic nitrogens is 1. The first-order valence-corrected chi connectivity index (χ1v) is 7.77. The van der Waals surface area contributed by atoms with E-state index >= 15 is 0 Å². The van der Waals surface area contributed by atoms with E-state index in [4.69, 9.17) is 0 Å². The Labute approximate surface area is 141 Å². The zero-order valence-corrected chi connectivity index (χ0v) is 14.1. The molecule has 1 atom stereocenters. The van der Waals surface area contributed by atoms with Gasteiger partial charge in [-0.3, -0.25) is 15.1 Å². The highest BCUT2D eigenvalue weighted by atomic mass is 16.2. The summed E-state index contributed by atoms with van der Waals surface area (Å²) in [5, 5.41) is 8.02. The molecule has 1 aromatic heterocycles. The number of nitrogens with zero attached hydrogens (tertiary/aromatic N) is 1. The molecule has 3 N–H and O–H groups in total. The van der Waals surface area contributed by atoms with Crippen LogP contribution < -0.4 is 16.0 Å². The zero-order chi connectivity index (χ0) is 17.5. The Morgan fingerprint density at radius 1 is 1.08 bits per heavy atom. The van der Waals surface area contributed by atoms with Crippen LogP contribution in [-0.2, 0) is 4.79 Å². The van der Waals surface area contributed by atoms with E-state index in [1.54, 1.807) is 18.5 Å². The molecular formula is C18H22N4O2. The van der Waals surface area contributed by atoms with Gasteiger partial charge in [0.1, 0.15) is 0 Å². The van der Waals surface area contributed by atoms with Gasteiger partial charge in [-0.15, -0.1) is 0 Å². The molecule has 0 aliphatic carbocycles. The van der Waals surface area contributed by atoms with Gasteiger partial charge in [0.05, 0.1) is 6.54 Å². The fraction of sp³-hybridized carbons (Fsp3) is 0.278. The summed E-state index contributed by atoms with van der Waals surface area (Å²) in [6, 6.07) is 8.79. The van der Waals surface area contributed by atoms with E-state index in [1.165, 1.54) is 0 Å². The number of pyridine rings is 1. The van der Waals surface area contributed by atoms with E-state index in [9.17, 15) is 9.59 Å². The quantitative estimate of drug-likeness (QED) is 0.789. The first-order valence-electron chi connectivity index (χ1n) is 7.77. The number of hydrogen-bond acceptors (Lipinski definition) is 4. The van der Waals surface area contributed by atoms with Crippen molar-refractivity contribution in [2.75, 3.05) is 11.9 Å². The maximum Gasteiger partial charge on any atom is 0.325 e. The third kappa shape index (κ3) is 5.17. The molecule has 6 nitrogen and oxygen atoms in total. The minimum atomic E-state index is -0.540. The number of nitrogens with one attached hydrogen (secondary N) is 3. The number of rotatable bonds is 5. The Hall–Kier alpha value is -2.73. The lowest BCUT2D eigenvalue weighted by atomic mass is 10.1. The van der Waals surface area contributed by atoms with Gasteiger partial charge in [0.15, 0.2) is 0 Å². The average molecular weight is 326 g/mol. The molecule has 0 aliphatic rings. The number of aryl methyl sites for hydroxylation is 2. The molecule has 2 rings (SSSR count). The van der Waals surface area contributed by atoms with Crippen molar-refractivity contribution in [2.45, 2.75) is 26.8 Å². The van der Waals surface area contributed by atoms with Crippen LogP contribution in [0.5, 0.6) is 0 Å². The molecule has 0 aliphatic heterocycles. The highest BCUT2D eigenvalue weighted by molar-refractivity contribution is 6.01. The van der Waals surface area contributed by atoms with Crippen molar-refractivity contribution in [3.05, 3.63) is 59.4 Å². The summed E-state index contributed by atoms with van der Waals surface area (Å²) in [6.45, 7) is 5.95. The van der Waals surface area contributed by atoms with Gasteiger partial charge in [-0.1, -0.05) is 6.07 Å². The van der Waals surface area contributed by atoms with Crippen LogP contribution in [-0.4, -0.2) is 23.5 Å². The molecule has 1 heterocycles. The van der Waals surface area contributed by atoms with Gasteiger partial charge in [0.25, 0.3) is 0 Å². The first-order chi connectivity index (χ1) is 11.5. The van der Waals surface area contributed by atoms with Crippen molar-refractivity contribution in [3.8, 4) is 0 Å². The highest BCUT2D eigenvalue weighted by Crippen LogP contribution is 2.14. The van der Waals surface area contributed by atoms with Crippen LogP contribution in [0.1, 0.15) is 29.7 Å². The molecule has 0 saturated carbocycles. The van der Waals surface area contributed by atoms with Gasteiger partial charge in [-0.05, 0) is 61.7 Å². The summed E-state index contributed by atoms with van der Waals surface area (Å²) in [4.78, 5) is 27.7. The first kappa shape index (κ1) is 17.6. The summed E-state index contributed by atoms with van der Waals surface area (Å²) in [5.41, 5.74) is 3.90. The molecule has 0 radical (unpaired) electrons. The highest BCUT2D eigenvalue weighted by Gasteiger charge is 2.10. The van der Waals surface area contributed by atoms with Gasteiger partial charge in [-0.25, -0.2) is 4.79 Å². The van der Waals surface area contributed by atoms with E-state index in [2.05, 4.69) is 20.9 Å². The van der Waals surface area contributed by atoms with Crippen molar-refractivity contribution >= 4 is 17.6 Å². The molecule has 126 valence electrons. The number of carbonyl (C=O) groups excluding carboxylic acids is 2. The predicted octanol–water partition coefficient (Wildman–Crippen LogP) is 2.70. The molecule has 1 aromatic carbocycles. The summed E-state index contributed by atoms with van der Waals surface area (Å²) >= 11 is 0. The standard InChI is InChI=1S/C18H22N4O2/c1-12-4-5-16(10-13(12)2)21-18(24)22-17(23)11-20-14(3)15-6-8-19-9-7-15/h4-10,14,20H,11H2,1-3H3,(H2,21,22,23,24). The lowest BCUT2D eigenvalue weighted by molar-refractivity contribution is -0.119. The maximum absolute atomic E-state index is 11.9. The second-order valence-electron chi connectivity index (χ2n) is 5.68. The van der Waals surface area contributed by atoms with E-state index in [0.29, 0.717) is 5.69 Å². The molecule has 2 aromatic rings. The van der Waals surface area contributed by atoms with Gasteiger partial charge in [0, 0.05) is 24.1 Å². The van der Waals surface area contributed by atoms with Crippen molar-refractivity contribution < 1.29 is 9.59 Å². The molecule has 1 unspecified atom stereocenters. The molecule has 0 saturated heterocycles. The van der Waals surface area contributed by atoms with Crippen molar-refractivity contribution in [1.29, 1.82) is 0 Å². The second kappa shape index (κ2) is 8.21. The number of hydrogen-bond donors (Lipinski definition) is 3. The summed E-state index contributed by atoms with van der Waals surface area (Å²) in [7, 11) is 0. The average Bonchev–Trinajstić information content (AvgIpc) is 2.56. The van der Waals surface area contributed by atoms with E-state index in [-0.39, 0.29) is 12.6 Å². The normalized spacial score (nSPS) is 11.6. The molecule has 0 bridgehead atoms. The van der Waals surface area contributed by atoms with E-state index < -0.39 is 11.9 Å². The van der Waals surface area contributed by atoms with Gasteiger partial charge >= 0.3 is 6.03 Å². The van der Waals surface area contributed by atoms with Crippen LogP contribution in [0, 0.1) is 13.8 Å². The molecule has 6 heteroatoms. The van der Waals surface area contributed by atoms with Crippen LogP contribution >= 0.6 is 0 Å². The fourth-order valence-corrected chi connectivity index (χ4v) is 2.17. The van der Waals surface area contributed by atoms with Crippen molar-refractivity contribution in [2.24, 2.45) is 0 Å². The smallest absolute Gasteiger partial charge is 0.308 e. The van der Waals surface area contributed by atoms with Crippen LogP contribution in [0.2, 0.25) is 0 Å². The van der Waals surface area contributed by atoms with Gasteiger partial charge in [-0.2, -0.15) is 0 Å². The topological polar surface area (TPSA) is 83.1 Å². The van der Waals surface area contributed by atoms with E-state index in [1.807, 2.05) is 45.0 Å². The number of carbonyl (C=O) groups is 2. The monoisotopic (exact) mass is 326 g/mol. The van der Waals surface area contributed by atoms with Crippen molar-refractivity contribution in [1.82, 2.24) is 15.6 Å². The third-order valence-corrected chi connectivity index (χ3v) is 3.79. The SMILES string of the molecule is Cc1ccc(NC(=O)NC(=O)CNC(C)c2ccncc2)cc1C. The Balaban J connectivity index is 1.79. The van der Waals surface area contributed by atoms with Crippen LogP contribution in [0.15, 0.2) is 42.7 Å². The van der Waals surface area contributed by atoms with Crippen LogP contribution in [0.4, 0.5) is 10.5 Å². The Morgan fingerprint density at radius 2 is 1.79 bits per heavy atom. The Kier molecular flexibility index (Phi) is 6.03. The second-order valence-corrected chi connectivity index (χ2v) is 5.68. The number of amides is 3.